The van der Waals surface area contributed by atoms with Gasteiger partial charge in [-0.05, 0) is 64.2 Å². The molecule has 0 saturated heterocycles. The second-order valence-corrected chi connectivity index (χ2v) is 17.9. The Kier molecular flexibility index (Phi) is 46.7. The molecule has 0 saturated carbocycles. The van der Waals surface area contributed by atoms with Crippen LogP contribution in [0.25, 0.3) is 0 Å². The van der Waals surface area contributed by atoms with E-state index in [1.54, 1.807) is 0 Å². The van der Waals surface area contributed by atoms with Gasteiger partial charge in [-0.2, -0.15) is 0 Å². The van der Waals surface area contributed by atoms with E-state index in [1.165, 1.54) is 109 Å². The molecule has 0 aliphatic rings. The molecule has 0 amide bonds. The minimum Gasteiger partial charge on any atom is -0.457 e. The van der Waals surface area contributed by atoms with E-state index in [1.807, 2.05) is 0 Å². The van der Waals surface area contributed by atoms with E-state index in [0.717, 1.165) is 70.6 Å². The topological polar surface area (TPSA) is 132 Å². The second-order valence-electron chi connectivity index (χ2n) is 16.5. The number of rotatable bonds is 47. The molecule has 0 spiro atoms. The largest absolute Gasteiger partial charge is 0.472 e. The number of aliphatic hydroxyl groups is 2. The summed E-state index contributed by atoms with van der Waals surface area (Å²) in [5, 5.41) is 18.4. The fraction of sp³-hybridized carbons (Fsp3) is 0.750. The van der Waals surface area contributed by atoms with Crippen molar-refractivity contribution < 1.29 is 43.0 Å². The first-order valence-corrected chi connectivity index (χ1v) is 26.4. The van der Waals surface area contributed by atoms with E-state index >= 15 is 0 Å². The first-order valence-electron chi connectivity index (χ1n) is 24.9. The summed E-state index contributed by atoms with van der Waals surface area (Å²) in [5.74, 6) is -0.423. The molecule has 0 aromatic rings. The van der Waals surface area contributed by atoms with Crippen molar-refractivity contribution in [1.29, 1.82) is 0 Å². The molecule has 3 unspecified atom stereocenters. The van der Waals surface area contributed by atoms with Crippen LogP contribution in [0.4, 0.5) is 0 Å². The van der Waals surface area contributed by atoms with Crippen molar-refractivity contribution in [3.05, 3.63) is 72.9 Å². The highest BCUT2D eigenvalue weighted by Crippen LogP contribution is 2.43. The molecule has 0 aromatic heterocycles. The van der Waals surface area contributed by atoms with Crippen LogP contribution in [0.1, 0.15) is 206 Å². The van der Waals surface area contributed by atoms with Crippen LogP contribution in [-0.2, 0) is 27.9 Å². The number of hydrogen-bond acceptors (Lipinski definition) is 8. The lowest BCUT2D eigenvalue weighted by Gasteiger charge is -2.20. The molecule has 62 heavy (non-hydrogen) atoms. The molecule has 9 nitrogen and oxygen atoms in total. The lowest BCUT2D eigenvalue weighted by atomic mass is 10.0. The van der Waals surface area contributed by atoms with Gasteiger partial charge in [-0.3, -0.25) is 13.8 Å². The SMILES string of the molecule is CC/C=C\C/C=C\C/C=C\C/C=C\C/C=C\C/C=C\CCCCC(=O)OC(COCCCCCCCCCCCCCCCCCCCCCC)COP(=O)(O)OCC(O)CO. The third-order valence-corrected chi connectivity index (χ3v) is 11.4. The first-order chi connectivity index (χ1) is 30.3. The van der Waals surface area contributed by atoms with Crippen LogP contribution in [0, 0.1) is 0 Å². The van der Waals surface area contributed by atoms with Gasteiger partial charge >= 0.3 is 13.8 Å². The number of carbonyl (C=O) groups excluding carboxylic acids is 1. The van der Waals surface area contributed by atoms with Crippen LogP contribution < -0.4 is 0 Å². The van der Waals surface area contributed by atoms with Crippen LogP contribution >= 0.6 is 7.82 Å². The highest BCUT2D eigenvalue weighted by atomic mass is 31.2. The molecular weight excluding hydrogens is 800 g/mol. The number of hydrogen-bond donors (Lipinski definition) is 3. The van der Waals surface area contributed by atoms with E-state index in [0.29, 0.717) is 13.0 Å². The van der Waals surface area contributed by atoms with E-state index in [2.05, 4.69) is 86.8 Å². The minimum atomic E-state index is -4.54. The molecule has 3 N–H and O–H groups in total. The van der Waals surface area contributed by atoms with Crippen molar-refractivity contribution in [3.63, 3.8) is 0 Å². The van der Waals surface area contributed by atoms with Gasteiger partial charge in [0.15, 0.2) is 0 Å². The lowest BCUT2D eigenvalue weighted by Crippen LogP contribution is -2.29. The molecule has 0 fully saturated rings. The third-order valence-electron chi connectivity index (χ3n) is 10.4. The van der Waals surface area contributed by atoms with Crippen molar-refractivity contribution in [2.45, 2.75) is 219 Å². The Hall–Kier alpha value is -2.10. The standard InChI is InChI=1S/C52H93O9P/c1-3-5-7-9-11-13-15-17-19-21-23-25-26-28-30-32-34-36-38-40-42-44-52(55)61-51(49-60-62(56,57)59-47-50(54)46-53)48-58-45-43-41-39-37-35-33-31-29-27-24-22-20-18-16-14-12-10-8-6-4-2/h5,7,11,13,17,19,23,25,28,30,34,36,50-51,53-54H,3-4,6,8-10,12,14-16,18,20-22,24,26-27,29,31-33,35,37-49H2,1-2H3,(H,56,57)/b7-5-,13-11-,19-17-,25-23-,30-28-,36-34-. The van der Waals surface area contributed by atoms with Crippen molar-refractivity contribution >= 4 is 13.8 Å². The van der Waals surface area contributed by atoms with Gasteiger partial charge in [-0.25, -0.2) is 4.57 Å². The number of unbranched alkanes of at least 4 members (excludes halogenated alkanes) is 21. The average molecular weight is 893 g/mol. The van der Waals surface area contributed by atoms with E-state index in [9.17, 15) is 19.4 Å². The van der Waals surface area contributed by atoms with E-state index in [-0.39, 0.29) is 13.0 Å². The normalized spacial score (nSPS) is 14.5. The highest BCUT2D eigenvalue weighted by Gasteiger charge is 2.26. The molecule has 0 aromatic carbocycles. The van der Waals surface area contributed by atoms with Gasteiger partial charge in [0.25, 0.3) is 0 Å². The van der Waals surface area contributed by atoms with Crippen LogP contribution in [0.5, 0.6) is 0 Å². The fourth-order valence-corrected chi connectivity index (χ4v) is 7.44. The van der Waals surface area contributed by atoms with Crippen LogP contribution in [0.15, 0.2) is 72.9 Å². The molecule has 10 heteroatoms. The third kappa shape index (κ3) is 47.4. The molecule has 0 aliphatic heterocycles. The average Bonchev–Trinajstić information content (AvgIpc) is 3.26. The summed E-state index contributed by atoms with van der Waals surface area (Å²) in [7, 11) is -4.54. The Morgan fingerprint density at radius 2 is 0.919 bits per heavy atom. The fourth-order valence-electron chi connectivity index (χ4n) is 6.65. The second kappa shape index (κ2) is 48.4. The number of aliphatic hydroxyl groups excluding tert-OH is 2. The van der Waals surface area contributed by atoms with Gasteiger partial charge in [0, 0.05) is 13.0 Å². The van der Waals surface area contributed by atoms with Crippen LogP contribution in [0.2, 0.25) is 0 Å². The van der Waals surface area contributed by atoms with Gasteiger partial charge in [-0.15, -0.1) is 0 Å². The maximum atomic E-state index is 12.7. The zero-order valence-electron chi connectivity index (χ0n) is 39.6. The Labute approximate surface area is 380 Å². The van der Waals surface area contributed by atoms with Crippen LogP contribution in [-0.4, -0.2) is 66.3 Å². The number of esters is 1. The summed E-state index contributed by atoms with van der Waals surface area (Å²) in [6.45, 7) is 3.37. The maximum Gasteiger partial charge on any atom is 0.472 e. The van der Waals surface area contributed by atoms with Crippen LogP contribution in [0.3, 0.4) is 0 Å². The van der Waals surface area contributed by atoms with Crippen molar-refractivity contribution in [1.82, 2.24) is 0 Å². The van der Waals surface area contributed by atoms with Gasteiger partial charge < -0.3 is 24.6 Å². The Morgan fingerprint density at radius 3 is 1.35 bits per heavy atom. The predicted octanol–water partition coefficient (Wildman–Crippen LogP) is 14.5. The van der Waals surface area contributed by atoms with Crippen molar-refractivity contribution in [2.24, 2.45) is 0 Å². The summed E-state index contributed by atoms with van der Waals surface area (Å²) >= 11 is 0. The summed E-state index contributed by atoms with van der Waals surface area (Å²) in [4.78, 5) is 22.7. The molecule has 0 bridgehead atoms. The smallest absolute Gasteiger partial charge is 0.457 e. The van der Waals surface area contributed by atoms with Crippen molar-refractivity contribution in [3.8, 4) is 0 Å². The monoisotopic (exact) mass is 893 g/mol. The van der Waals surface area contributed by atoms with Crippen molar-refractivity contribution in [2.75, 3.05) is 33.0 Å². The summed E-state index contributed by atoms with van der Waals surface area (Å²) in [5.41, 5.74) is 0. The molecule has 0 radical (unpaired) electrons. The first kappa shape index (κ1) is 59.9. The van der Waals surface area contributed by atoms with Gasteiger partial charge in [0.05, 0.1) is 26.4 Å². The number of allylic oxidation sites excluding steroid dienone is 12. The molecule has 0 rings (SSSR count). The van der Waals surface area contributed by atoms with Gasteiger partial charge in [0.1, 0.15) is 12.2 Å². The molecular formula is C52H93O9P. The maximum absolute atomic E-state index is 12.7. The number of ether oxygens (including phenoxy) is 2. The number of phosphoric acid groups is 1. The van der Waals surface area contributed by atoms with E-state index in [4.69, 9.17) is 23.6 Å². The molecule has 0 aliphatic carbocycles. The molecule has 0 heterocycles. The predicted molar refractivity (Wildman–Crippen MR) is 260 cm³/mol. The highest BCUT2D eigenvalue weighted by molar-refractivity contribution is 7.47. The zero-order valence-corrected chi connectivity index (χ0v) is 40.5. The minimum absolute atomic E-state index is 0.0304. The Bertz CT molecular complexity index is 1190. The summed E-state index contributed by atoms with van der Waals surface area (Å²) in [6.07, 6.45) is 58.7. The van der Waals surface area contributed by atoms with E-state index < -0.39 is 45.8 Å². The lowest BCUT2D eigenvalue weighted by molar-refractivity contribution is -0.154. The number of phosphoric ester groups is 1. The molecule has 3 atom stereocenters. The van der Waals surface area contributed by atoms with Gasteiger partial charge in [-0.1, -0.05) is 209 Å². The quantitative estimate of drug-likeness (QED) is 0.0236. The molecule has 360 valence electrons. The van der Waals surface area contributed by atoms with Gasteiger partial charge in [0.2, 0.25) is 0 Å². The zero-order chi connectivity index (χ0) is 45.3. The Balaban J connectivity index is 4.18. The summed E-state index contributed by atoms with van der Waals surface area (Å²) in [6, 6.07) is 0. The summed E-state index contributed by atoms with van der Waals surface area (Å²) < 4.78 is 33.5. The Morgan fingerprint density at radius 1 is 0.516 bits per heavy atom. The number of carbonyl (C=O) groups is 1.